The van der Waals surface area contributed by atoms with E-state index in [9.17, 15) is 9.00 Å². The van der Waals surface area contributed by atoms with Crippen LogP contribution in [0.2, 0.25) is 5.02 Å². The van der Waals surface area contributed by atoms with Crippen LogP contribution >= 0.6 is 11.6 Å². The van der Waals surface area contributed by atoms with Gasteiger partial charge < -0.3 is 14.6 Å². The van der Waals surface area contributed by atoms with E-state index in [1.54, 1.807) is 13.0 Å². The molecule has 1 N–H and O–H groups in total. The highest BCUT2D eigenvalue weighted by Gasteiger charge is 2.17. The largest absolute Gasteiger partial charge is 0.441 e. The second-order valence-corrected chi connectivity index (χ2v) is 7.97. The van der Waals surface area contributed by atoms with Gasteiger partial charge in [-0.15, -0.1) is 0 Å². The highest BCUT2D eigenvalue weighted by molar-refractivity contribution is 7.84. The van der Waals surface area contributed by atoms with Crippen LogP contribution in [0, 0.1) is 6.92 Å². The summed E-state index contributed by atoms with van der Waals surface area (Å²) in [5.41, 5.74) is 1.27. The van der Waals surface area contributed by atoms with Gasteiger partial charge in [-0.25, -0.2) is 4.98 Å². The molecular formula is C19H26ClN3O3S. The molecule has 0 aliphatic heterocycles. The molecule has 0 aliphatic carbocycles. The molecule has 0 fully saturated rings. The van der Waals surface area contributed by atoms with E-state index < -0.39 is 10.8 Å². The Kier molecular flexibility index (Phi) is 8.47. The predicted molar refractivity (Wildman–Crippen MR) is 109 cm³/mol. The lowest BCUT2D eigenvalue weighted by atomic mass is 10.2. The Morgan fingerprint density at radius 2 is 2.00 bits per heavy atom. The summed E-state index contributed by atoms with van der Waals surface area (Å²) in [4.78, 5) is 18.6. The van der Waals surface area contributed by atoms with Gasteiger partial charge in [0, 0.05) is 23.9 Å². The molecular weight excluding hydrogens is 386 g/mol. The summed E-state index contributed by atoms with van der Waals surface area (Å²) in [6.07, 6.45) is 0. The van der Waals surface area contributed by atoms with E-state index in [1.807, 2.05) is 18.2 Å². The van der Waals surface area contributed by atoms with Crippen molar-refractivity contribution in [2.45, 2.75) is 26.5 Å². The molecule has 0 saturated carbocycles. The zero-order valence-corrected chi connectivity index (χ0v) is 17.5. The van der Waals surface area contributed by atoms with Crippen molar-refractivity contribution in [3.8, 4) is 11.5 Å². The van der Waals surface area contributed by atoms with Crippen LogP contribution in [0.5, 0.6) is 0 Å². The monoisotopic (exact) mass is 411 g/mol. The molecule has 27 heavy (non-hydrogen) atoms. The maximum Gasteiger partial charge on any atom is 0.232 e. The van der Waals surface area contributed by atoms with Crippen molar-refractivity contribution in [3.05, 3.63) is 40.7 Å². The van der Waals surface area contributed by atoms with E-state index in [-0.39, 0.29) is 17.4 Å². The van der Waals surface area contributed by atoms with E-state index >= 15 is 0 Å². The summed E-state index contributed by atoms with van der Waals surface area (Å²) in [5, 5.41) is 3.36. The minimum atomic E-state index is -1.36. The lowest BCUT2D eigenvalue weighted by Crippen LogP contribution is -2.36. The Morgan fingerprint density at radius 3 is 2.67 bits per heavy atom. The number of likely N-dealkylation sites (N-methyl/N-ethyl adjacent to an activating group) is 1. The van der Waals surface area contributed by atoms with Gasteiger partial charge in [0.25, 0.3) is 0 Å². The first kappa shape index (κ1) is 21.6. The van der Waals surface area contributed by atoms with Crippen LogP contribution in [0.3, 0.4) is 0 Å². The molecule has 2 rings (SSSR count). The van der Waals surface area contributed by atoms with Crippen LogP contribution in [-0.2, 0) is 21.3 Å². The summed E-state index contributed by atoms with van der Waals surface area (Å²) in [7, 11) is -1.36. The van der Waals surface area contributed by atoms with E-state index in [0.29, 0.717) is 34.5 Å². The number of aromatic nitrogens is 1. The molecule has 2 aromatic rings. The number of benzene rings is 1. The van der Waals surface area contributed by atoms with Crippen molar-refractivity contribution in [1.29, 1.82) is 0 Å². The fourth-order valence-corrected chi connectivity index (χ4v) is 3.89. The number of amides is 1. The summed E-state index contributed by atoms with van der Waals surface area (Å²) in [5.74, 6) is 0.886. The summed E-state index contributed by atoms with van der Waals surface area (Å²) >= 11 is 6.17. The fraction of sp³-hybridized carbons (Fsp3) is 0.474. The smallest absolute Gasteiger partial charge is 0.232 e. The maximum atomic E-state index is 12.3. The summed E-state index contributed by atoms with van der Waals surface area (Å²) in [6.45, 7) is 9.15. The van der Waals surface area contributed by atoms with Crippen molar-refractivity contribution in [2.24, 2.45) is 0 Å². The molecule has 0 bridgehead atoms. The lowest BCUT2D eigenvalue weighted by Gasteiger charge is -2.17. The van der Waals surface area contributed by atoms with Gasteiger partial charge in [-0.3, -0.25) is 9.00 Å². The average molecular weight is 412 g/mol. The molecule has 148 valence electrons. The first-order chi connectivity index (χ1) is 12.9. The van der Waals surface area contributed by atoms with Gasteiger partial charge in [-0.05, 0) is 32.1 Å². The van der Waals surface area contributed by atoms with Crippen molar-refractivity contribution in [2.75, 3.05) is 31.9 Å². The molecule has 1 aromatic heterocycles. The Bertz CT molecular complexity index is 790. The molecule has 1 amide bonds. The first-order valence-electron chi connectivity index (χ1n) is 8.99. The normalized spacial score (nSPS) is 12.3. The van der Waals surface area contributed by atoms with Gasteiger partial charge >= 0.3 is 0 Å². The van der Waals surface area contributed by atoms with Crippen molar-refractivity contribution < 1.29 is 13.4 Å². The molecule has 0 unspecified atom stereocenters. The molecule has 8 heteroatoms. The third-order valence-electron chi connectivity index (χ3n) is 4.23. The number of carbonyl (C=O) groups is 1. The van der Waals surface area contributed by atoms with Gasteiger partial charge in [0.05, 0.1) is 22.0 Å². The molecule has 0 spiro atoms. The molecule has 1 heterocycles. The van der Waals surface area contributed by atoms with Crippen LogP contribution in [0.25, 0.3) is 11.5 Å². The number of rotatable bonds is 10. The molecule has 0 aliphatic rings. The molecule has 1 aromatic carbocycles. The first-order valence-corrected chi connectivity index (χ1v) is 10.9. The molecule has 6 nitrogen and oxygen atoms in total. The second-order valence-electron chi connectivity index (χ2n) is 6.11. The highest BCUT2D eigenvalue weighted by atomic mass is 35.5. The summed E-state index contributed by atoms with van der Waals surface area (Å²) < 4.78 is 18.0. The Balaban J connectivity index is 1.89. The van der Waals surface area contributed by atoms with Crippen molar-refractivity contribution in [1.82, 2.24) is 15.2 Å². The number of oxazole rings is 1. The number of nitrogens with zero attached hydrogens (tertiary/aromatic N) is 2. The standard InChI is InChI=1S/C19H26ClN3O3S/c1-4-23(5-2)11-10-21-18(24)13-27(25)12-17-14(3)26-19(22-17)15-8-6-7-9-16(15)20/h6-9H,4-5,10-13H2,1-3H3,(H,21,24)/t27-/m1/s1. The van der Waals surface area contributed by atoms with Gasteiger partial charge in [-0.1, -0.05) is 37.6 Å². The maximum absolute atomic E-state index is 12.3. The zero-order chi connectivity index (χ0) is 19.8. The second kappa shape index (κ2) is 10.6. The van der Waals surface area contributed by atoms with Gasteiger partial charge in [0.15, 0.2) is 0 Å². The minimum absolute atomic E-state index is 0.0496. The van der Waals surface area contributed by atoms with Crippen LogP contribution in [0.4, 0.5) is 0 Å². The van der Waals surface area contributed by atoms with E-state index in [4.69, 9.17) is 16.0 Å². The molecule has 0 saturated heterocycles. The van der Waals surface area contributed by atoms with Crippen LogP contribution in [0.1, 0.15) is 25.3 Å². The SMILES string of the molecule is CCN(CC)CCNC(=O)C[S@](=O)Cc1nc(-c2ccccc2Cl)oc1C. The predicted octanol–water partition coefficient (Wildman–Crippen LogP) is 3.01. The minimum Gasteiger partial charge on any atom is -0.441 e. The number of hydrogen-bond acceptors (Lipinski definition) is 5. The van der Waals surface area contributed by atoms with E-state index in [1.165, 1.54) is 0 Å². The Morgan fingerprint density at radius 1 is 1.30 bits per heavy atom. The lowest BCUT2D eigenvalue weighted by molar-refractivity contribution is -0.118. The van der Waals surface area contributed by atoms with Gasteiger partial charge in [0.1, 0.15) is 11.5 Å². The third-order valence-corrected chi connectivity index (χ3v) is 5.74. The van der Waals surface area contributed by atoms with Gasteiger partial charge in [-0.2, -0.15) is 0 Å². The zero-order valence-electron chi connectivity index (χ0n) is 16.0. The van der Waals surface area contributed by atoms with Crippen LogP contribution in [0.15, 0.2) is 28.7 Å². The van der Waals surface area contributed by atoms with Crippen molar-refractivity contribution >= 4 is 28.3 Å². The molecule has 0 radical (unpaired) electrons. The quantitative estimate of drug-likeness (QED) is 0.650. The van der Waals surface area contributed by atoms with Crippen LogP contribution in [-0.4, -0.2) is 51.9 Å². The number of halogens is 1. The summed E-state index contributed by atoms with van der Waals surface area (Å²) in [6, 6.07) is 7.26. The number of nitrogens with one attached hydrogen (secondary N) is 1. The number of hydrogen-bond donors (Lipinski definition) is 1. The van der Waals surface area contributed by atoms with E-state index in [2.05, 4.69) is 29.0 Å². The topological polar surface area (TPSA) is 75.4 Å². The Hall–Kier alpha value is -1.70. The van der Waals surface area contributed by atoms with Gasteiger partial charge in [0.2, 0.25) is 11.8 Å². The Labute approximate surface area is 167 Å². The van der Waals surface area contributed by atoms with Crippen molar-refractivity contribution in [3.63, 3.8) is 0 Å². The highest BCUT2D eigenvalue weighted by Crippen LogP contribution is 2.28. The average Bonchev–Trinajstić information content (AvgIpc) is 2.99. The number of carbonyl (C=O) groups excluding carboxylic acids is 1. The van der Waals surface area contributed by atoms with E-state index in [0.717, 1.165) is 19.6 Å². The van der Waals surface area contributed by atoms with Crippen LogP contribution < -0.4 is 5.32 Å². The number of aryl methyl sites for hydroxylation is 1. The molecule has 1 atom stereocenters. The fourth-order valence-electron chi connectivity index (χ4n) is 2.61. The third kappa shape index (κ3) is 6.45.